The van der Waals surface area contributed by atoms with Gasteiger partial charge < -0.3 is 60.0 Å². The SMILES string of the molecule is CCCCCCCCCCCCCCCCC(O)C(=O)[O-].CCCCCCCCCCCCCCCCC(O)C(=O)[O-].CCCCCCCCCCCCCCCCC(O)C(=O)[O-].CCCCCCCCCCCCCCCCC(O)C(=O)[O-].[Pb+4]. The quantitative estimate of drug-likeness (QED) is 0.0328. The summed E-state index contributed by atoms with van der Waals surface area (Å²) in [5.74, 6) is -5.37. The molecule has 0 spiro atoms. The van der Waals surface area contributed by atoms with Gasteiger partial charge in [-0.05, 0) is 25.7 Å². The number of rotatable bonds is 64. The molecule has 0 aliphatic heterocycles. The zero-order valence-corrected chi connectivity index (χ0v) is 60.2. The topological polar surface area (TPSA) is 241 Å². The zero-order valence-electron chi connectivity index (χ0n) is 56.3. The maximum absolute atomic E-state index is 10.3. The Balaban J connectivity index is -0.000000333. The number of aliphatic carboxylic acids is 4. The molecule has 0 radical (unpaired) electrons. The minimum Gasteiger partial charge on any atom is -0.547 e. The second-order valence-corrected chi connectivity index (χ2v) is 24.9. The smallest absolute Gasteiger partial charge is 0.547 e. The summed E-state index contributed by atoms with van der Waals surface area (Å²) in [7, 11) is 0. The molecule has 13 heteroatoms. The summed E-state index contributed by atoms with van der Waals surface area (Å²) in [5.41, 5.74) is 0. The van der Waals surface area contributed by atoms with Crippen LogP contribution in [0.15, 0.2) is 0 Å². The fraction of sp³-hybridized carbons (Fsp3) is 0.944. The molecule has 0 aromatic rings. The average molecular weight is 1410 g/mol. The number of aliphatic hydroxyl groups is 4. The Hall–Kier alpha value is -1.36. The van der Waals surface area contributed by atoms with E-state index < -0.39 is 48.3 Å². The summed E-state index contributed by atoms with van der Waals surface area (Å²) in [4.78, 5) is 41.2. The van der Waals surface area contributed by atoms with Crippen LogP contribution in [0.5, 0.6) is 0 Å². The summed E-state index contributed by atoms with van der Waals surface area (Å²) < 4.78 is 0. The fourth-order valence-corrected chi connectivity index (χ4v) is 10.6. The van der Waals surface area contributed by atoms with Gasteiger partial charge in [0.25, 0.3) is 0 Å². The van der Waals surface area contributed by atoms with Crippen molar-refractivity contribution in [2.24, 2.45) is 0 Å². The minimum absolute atomic E-state index is 0. The molecular weight excluding hydrogens is 1260 g/mol. The Morgan fingerprint density at radius 2 is 0.282 bits per heavy atom. The van der Waals surface area contributed by atoms with E-state index in [0.29, 0.717) is 25.7 Å². The van der Waals surface area contributed by atoms with Crippen molar-refractivity contribution in [3.8, 4) is 0 Å². The molecule has 0 rings (SSSR count). The monoisotopic (exact) mass is 1410 g/mol. The van der Waals surface area contributed by atoms with E-state index in [2.05, 4.69) is 27.7 Å². The molecule has 0 heterocycles. The van der Waals surface area contributed by atoms with Crippen molar-refractivity contribution >= 4 is 51.2 Å². The van der Waals surface area contributed by atoms with Gasteiger partial charge in [0.15, 0.2) is 0 Å². The first-order chi connectivity index (χ1) is 40.7. The summed E-state index contributed by atoms with van der Waals surface area (Å²) in [6.07, 6.45) is 67.7. The van der Waals surface area contributed by atoms with Gasteiger partial charge in [-0.3, -0.25) is 0 Å². The number of unbranched alkanes of at least 4 members (excludes halogenated alkanes) is 52. The third kappa shape index (κ3) is 86.9. The molecular formula is C72H140O12Pb. The third-order valence-corrected chi connectivity index (χ3v) is 16.4. The van der Waals surface area contributed by atoms with Crippen LogP contribution in [0, 0.1) is 0 Å². The van der Waals surface area contributed by atoms with Gasteiger partial charge in [-0.2, -0.15) is 0 Å². The summed E-state index contributed by atoms with van der Waals surface area (Å²) in [6, 6.07) is 0. The van der Waals surface area contributed by atoms with Crippen LogP contribution in [0.25, 0.3) is 0 Å². The van der Waals surface area contributed by atoms with E-state index in [1.807, 2.05) is 0 Å². The number of carboxylic acid groups (broad SMARTS) is 4. The predicted molar refractivity (Wildman–Crippen MR) is 350 cm³/mol. The molecule has 504 valence electrons. The van der Waals surface area contributed by atoms with Crippen molar-refractivity contribution in [1.29, 1.82) is 0 Å². The Morgan fingerprint density at radius 1 is 0.200 bits per heavy atom. The van der Waals surface area contributed by atoms with Crippen LogP contribution < -0.4 is 20.4 Å². The van der Waals surface area contributed by atoms with E-state index in [1.54, 1.807) is 0 Å². The van der Waals surface area contributed by atoms with E-state index in [0.717, 1.165) is 77.0 Å². The van der Waals surface area contributed by atoms with Crippen LogP contribution in [0.1, 0.15) is 413 Å². The molecule has 0 saturated carbocycles. The number of hydrogen-bond acceptors (Lipinski definition) is 12. The zero-order chi connectivity index (χ0) is 63.0. The molecule has 0 aromatic carbocycles. The summed E-state index contributed by atoms with van der Waals surface area (Å²) in [5, 5.41) is 77.4. The Kier molecular flexibility index (Phi) is 87.6. The van der Waals surface area contributed by atoms with Crippen LogP contribution in [-0.2, 0) is 19.2 Å². The van der Waals surface area contributed by atoms with Crippen LogP contribution in [-0.4, -0.2) is 96.0 Å². The molecule has 0 saturated heterocycles. The van der Waals surface area contributed by atoms with Crippen LogP contribution in [0.2, 0.25) is 0 Å². The Bertz CT molecular complexity index is 1110. The number of hydrogen-bond donors (Lipinski definition) is 4. The van der Waals surface area contributed by atoms with Crippen molar-refractivity contribution in [1.82, 2.24) is 0 Å². The molecule has 0 bridgehead atoms. The largest absolute Gasteiger partial charge is 4.00 e. The van der Waals surface area contributed by atoms with Gasteiger partial charge in [-0.25, -0.2) is 0 Å². The van der Waals surface area contributed by atoms with Gasteiger partial charge in [0.2, 0.25) is 0 Å². The molecule has 0 aliphatic rings. The molecule has 0 aliphatic carbocycles. The van der Waals surface area contributed by atoms with E-state index in [9.17, 15) is 39.6 Å². The first-order valence-corrected chi connectivity index (χ1v) is 36.3. The molecule has 0 fully saturated rings. The first-order valence-electron chi connectivity index (χ1n) is 36.3. The molecule has 85 heavy (non-hydrogen) atoms. The molecule has 0 aromatic heterocycles. The van der Waals surface area contributed by atoms with Gasteiger partial charge in [0.05, 0.1) is 48.3 Å². The van der Waals surface area contributed by atoms with Gasteiger partial charge >= 0.3 is 27.3 Å². The maximum atomic E-state index is 10.3. The van der Waals surface area contributed by atoms with Crippen molar-refractivity contribution in [2.75, 3.05) is 0 Å². The molecule has 4 N–H and O–H groups in total. The van der Waals surface area contributed by atoms with Gasteiger partial charge in [0, 0.05) is 0 Å². The second-order valence-electron chi connectivity index (χ2n) is 24.9. The number of aliphatic hydroxyl groups excluding tert-OH is 4. The van der Waals surface area contributed by atoms with Crippen molar-refractivity contribution in [3.63, 3.8) is 0 Å². The maximum Gasteiger partial charge on any atom is 4.00 e. The number of carboxylic acids is 4. The average Bonchev–Trinajstić information content (AvgIpc) is 3.47. The van der Waals surface area contributed by atoms with E-state index in [-0.39, 0.29) is 27.3 Å². The Labute approximate surface area is 545 Å². The van der Waals surface area contributed by atoms with E-state index in [4.69, 9.17) is 20.4 Å². The Morgan fingerprint density at radius 3 is 0.365 bits per heavy atom. The second kappa shape index (κ2) is 80.7. The predicted octanol–water partition coefficient (Wildman–Crippen LogP) is 15.5. The summed E-state index contributed by atoms with van der Waals surface area (Å²) >= 11 is 0. The molecule has 4 unspecified atom stereocenters. The van der Waals surface area contributed by atoms with Crippen molar-refractivity contribution in [2.45, 2.75) is 437 Å². The normalized spacial score (nSPS) is 12.3. The third-order valence-electron chi connectivity index (χ3n) is 16.4. The van der Waals surface area contributed by atoms with Crippen LogP contribution >= 0.6 is 0 Å². The first kappa shape index (κ1) is 92.4. The number of carbonyl (C=O) groups is 4. The van der Waals surface area contributed by atoms with Crippen molar-refractivity contribution < 1.29 is 60.0 Å². The standard InChI is InChI=1S/4C18H36O3.Pb/c4*1-2-3-4-5-6-7-8-9-10-11-12-13-14-15-16-17(19)18(20)21;/h4*17,19H,2-16H2,1H3,(H,20,21);/q;;;;+4/p-4. The van der Waals surface area contributed by atoms with E-state index >= 15 is 0 Å². The molecule has 12 nitrogen and oxygen atoms in total. The minimum atomic E-state index is -1.34. The van der Waals surface area contributed by atoms with Gasteiger partial charge in [0.1, 0.15) is 0 Å². The van der Waals surface area contributed by atoms with Gasteiger partial charge in [-0.1, -0.05) is 387 Å². The number of carbonyl (C=O) groups excluding carboxylic acids is 4. The van der Waals surface area contributed by atoms with Gasteiger partial charge in [-0.15, -0.1) is 0 Å². The molecule has 0 amide bonds. The summed E-state index contributed by atoms with van der Waals surface area (Å²) in [6.45, 7) is 9.02. The van der Waals surface area contributed by atoms with E-state index in [1.165, 1.54) is 283 Å². The van der Waals surface area contributed by atoms with Crippen LogP contribution in [0.3, 0.4) is 0 Å². The molecule has 4 atom stereocenters. The van der Waals surface area contributed by atoms with Crippen LogP contribution in [0.4, 0.5) is 0 Å². The fourth-order valence-electron chi connectivity index (χ4n) is 10.6. The van der Waals surface area contributed by atoms with Crippen molar-refractivity contribution in [3.05, 3.63) is 0 Å².